The number of nitrogens with one attached hydrogen (secondary N) is 1. The molecule has 146 valence electrons. The zero-order valence-corrected chi connectivity index (χ0v) is 17.4. The van der Waals surface area contributed by atoms with Gasteiger partial charge in [0.25, 0.3) is 0 Å². The van der Waals surface area contributed by atoms with Gasteiger partial charge in [0, 0.05) is 24.5 Å². The summed E-state index contributed by atoms with van der Waals surface area (Å²) in [5.41, 5.74) is 0.966. The first-order valence-electron chi connectivity index (χ1n) is 8.53. The fourth-order valence-corrected chi connectivity index (χ4v) is 5.64. The summed E-state index contributed by atoms with van der Waals surface area (Å²) in [6.45, 7) is 2.22. The Kier molecular flexibility index (Phi) is 6.12. The number of hydrogen-bond acceptors (Lipinski definition) is 6. The van der Waals surface area contributed by atoms with Gasteiger partial charge in [-0.05, 0) is 31.0 Å². The van der Waals surface area contributed by atoms with Crippen molar-refractivity contribution in [1.82, 2.24) is 20.1 Å². The number of thioether (sulfide) groups is 1. The summed E-state index contributed by atoms with van der Waals surface area (Å²) in [7, 11) is -1.18. The molecule has 3 rings (SSSR count). The third kappa shape index (κ3) is 5.03. The van der Waals surface area contributed by atoms with Gasteiger partial charge in [-0.2, -0.15) is 0 Å². The van der Waals surface area contributed by atoms with Crippen molar-refractivity contribution < 1.29 is 13.2 Å². The highest BCUT2D eigenvalue weighted by molar-refractivity contribution is 8.00. The van der Waals surface area contributed by atoms with E-state index in [9.17, 15) is 13.2 Å². The highest BCUT2D eigenvalue weighted by atomic mass is 35.5. The lowest BCUT2D eigenvalue weighted by Gasteiger charge is -2.12. The highest BCUT2D eigenvalue weighted by Gasteiger charge is 2.33. The number of amides is 1. The molecule has 1 aliphatic rings. The van der Waals surface area contributed by atoms with Gasteiger partial charge in [0.2, 0.25) is 5.91 Å². The maximum Gasteiger partial charge on any atom is 0.233 e. The van der Waals surface area contributed by atoms with Crippen LogP contribution in [0.2, 0.25) is 5.02 Å². The Labute approximate surface area is 167 Å². The summed E-state index contributed by atoms with van der Waals surface area (Å²) in [6.07, 6.45) is 0.566. The van der Waals surface area contributed by atoms with E-state index in [0.717, 1.165) is 5.56 Å². The summed E-state index contributed by atoms with van der Waals surface area (Å²) in [5.74, 6) is 0.725. The van der Waals surface area contributed by atoms with E-state index < -0.39 is 9.84 Å². The average Bonchev–Trinajstić information content (AvgIpc) is 3.16. The van der Waals surface area contributed by atoms with Crippen molar-refractivity contribution in [3.63, 3.8) is 0 Å². The van der Waals surface area contributed by atoms with Crippen LogP contribution in [0.25, 0.3) is 0 Å². The molecule has 2 atom stereocenters. The zero-order chi connectivity index (χ0) is 19.6. The summed E-state index contributed by atoms with van der Waals surface area (Å²) in [5, 5.41) is 12.1. The molecule has 0 spiro atoms. The maximum atomic E-state index is 12.4. The van der Waals surface area contributed by atoms with Crippen LogP contribution >= 0.6 is 23.4 Å². The standard InChI is InChI=1S/C17H21ClN4O3S2/c1-11(16(23)19-9-12-3-5-14(18)6-4-12)26-17-21-20-15(22(17)2)13-7-8-27(24,25)10-13/h3-6,11,13H,7-10H2,1-2H3,(H,19,23). The van der Waals surface area contributed by atoms with Crippen LogP contribution in [0, 0.1) is 0 Å². The van der Waals surface area contributed by atoms with Crippen LogP contribution in [0.5, 0.6) is 0 Å². The predicted molar refractivity (Wildman–Crippen MR) is 106 cm³/mol. The molecule has 27 heavy (non-hydrogen) atoms. The number of aromatic nitrogens is 3. The van der Waals surface area contributed by atoms with Crippen molar-refractivity contribution in [2.24, 2.45) is 7.05 Å². The lowest BCUT2D eigenvalue weighted by Crippen LogP contribution is -2.30. The number of carbonyl (C=O) groups excluding carboxylic acids is 1. The Bertz CT molecular complexity index is 928. The van der Waals surface area contributed by atoms with Crippen molar-refractivity contribution >= 4 is 39.1 Å². The molecule has 1 fully saturated rings. The molecular formula is C17H21ClN4O3S2. The molecule has 10 heteroatoms. The second-order valence-corrected chi connectivity index (χ2v) is 10.6. The Hall–Kier alpha value is -1.58. The fourth-order valence-electron chi connectivity index (χ4n) is 2.93. The predicted octanol–water partition coefficient (Wildman–Crippen LogP) is 2.17. The van der Waals surface area contributed by atoms with Crippen LogP contribution in [0.4, 0.5) is 0 Å². The van der Waals surface area contributed by atoms with Crippen LogP contribution in [0.15, 0.2) is 29.4 Å². The van der Waals surface area contributed by atoms with Gasteiger partial charge in [-0.15, -0.1) is 10.2 Å². The average molecular weight is 429 g/mol. The SMILES string of the molecule is CC(Sc1nnc(C2CCS(=O)(=O)C2)n1C)C(=O)NCc1ccc(Cl)cc1. The Balaban J connectivity index is 1.58. The van der Waals surface area contributed by atoms with Gasteiger partial charge < -0.3 is 9.88 Å². The first kappa shape index (κ1) is 20.2. The number of benzene rings is 1. The van der Waals surface area contributed by atoms with Crippen LogP contribution in [0.3, 0.4) is 0 Å². The molecule has 1 N–H and O–H groups in total. The minimum Gasteiger partial charge on any atom is -0.351 e. The normalized spacial score (nSPS) is 19.7. The highest BCUT2D eigenvalue weighted by Crippen LogP contribution is 2.30. The molecule has 2 unspecified atom stereocenters. The van der Waals surface area contributed by atoms with E-state index in [4.69, 9.17) is 11.6 Å². The van der Waals surface area contributed by atoms with Crippen molar-refractivity contribution in [3.8, 4) is 0 Å². The molecule has 0 aliphatic carbocycles. The van der Waals surface area contributed by atoms with E-state index in [0.29, 0.717) is 29.0 Å². The molecule has 1 aromatic carbocycles. The van der Waals surface area contributed by atoms with E-state index >= 15 is 0 Å². The molecule has 1 aliphatic heterocycles. The van der Waals surface area contributed by atoms with Crippen molar-refractivity contribution in [1.29, 1.82) is 0 Å². The molecule has 1 amide bonds. The number of nitrogens with zero attached hydrogens (tertiary/aromatic N) is 3. The molecule has 7 nitrogen and oxygen atoms in total. The Morgan fingerprint density at radius 3 is 2.70 bits per heavy atom. The van der Waals surface area contributed by atoms with E-state index in [1.54, 1.807) is 30.7 Å². The van der Waals surface area contributed by atoms with Crippen LogP contribution in [-0.2, 0) is 28.2 Å². The van der Waals surface area contributed by atoms with Crippen LogP contribution in [-0.4, -0.2) is 45.8 Å². The minimum absolute atomic E-state index is 0.108. The number of rotatable bonds is 6. The third-order valence-electron chi connectivity index (χ3n) is 4.50. The maximum absolute atomic E-state index is 12.4. The molecule has 1 saturated heterocycles. The first-order valence-corrected chi connectivity index (χ1v) is 11.6. The third-order valence-corrected chi connectivity index (χ3v) is 7.65. The Morgan fingerprint density at radius 1 is 1.37 bits per heavy atom. The van der Waals surface area contributed by atoms with Gasteiger partial charge >= 0.3 is 0 Å². The smallest absolute Gasteiger partial charge is 0.233 e. The largest absolute Gasteiger partial charge is 0.351 e. The Morgan fingerprint density at radius 2 is 2.07 bits per heavy atom. The molecule has 2 aromatic rings. The van der Waals surface area contributed by atoms with Crippen molar-refractivity contribution in [3.05, 3.63) is 40.7 Å². The lowest BCUT2D eigenvalue weighted by molar-refractivity contribution is -0.120. The monoisotopic (exact) mass is 428 g/mol. The number of sulfone groups is 1. The number of halogens is 1. The summed E-state index contributed by atoms with van der Waals surface area (Å²) >= 11 is 7.16. The first-order chi connectivity index (χ1) is 12.7. The van der Waals surface area contributed by atoms with Gasteiger partial charge in [-0.25, -0.2) is 8.42 Å². The second-order valence-electron chi connectivity index (χ2n) is 6.60. The summed E-state index contributed by atoms with van der Waals surface area (Å²) < 4.78 is 25.2. The van der Waals surface area contributed by atoms with Gasteiger partial charge in [-0.3, -0.25) is 4.79 Å². The molecule has 1 aromatic heterocycles. The topological polar surface area (TPSA) is 93.9 Å². The van der Waals surface area contributed by atoms with E-state index in [1.165, 1.54) is 11.8 Å². The summed E-state index contributed by atoms with van der Waals surface area (Å²) in [6, 6.07) is 7.30. The fraction of sp³-hybridized carbons (Fsp3) is 0.471. The van der Waals surface area contributed by atoms with Crippen LogP contribution in [0.1, 0.15) is 30.7 Å². The number of hydrogen-bond donors (Lipinski definition) is 1. The second kappa shape index (κ2) is 8.20. The molecule has 2 heterocycles. The van der Waals surface area contributed by atoms with Gasteiger partial charge in [0.1, 0.15) is 5.82 Å². The lowest BCUT2D eigenvalue weighted by atomic mass is 10.1. The quantitative estimate of drug-likeness (QED) is 0.708. The molecule has 0 saturated carbocycles. The summed E-state index contributed by atoms with van der Waals surface area (Å²) in [4.78, 5) is 12.4. The molecule has 0 bridgehead atoms. The van der Waals surface area contributed by atoms with Gasteiger partial charge in [0.05, 0.1) is 16.8 Å². The van der Waals surface area contributed by atoms with Crippen molar-refractivity contribution in [2.75, 3.05) is 11.5 Å². The van der Waals surface area contributed by atoms with E-state index in [1.807, 2.05) is 12.1 Å². The van der Waals surface area contributed by atoms with E-state index in [2.05, 4.69) is 15.5 Å². The molecular weight excluding hydrogens is 408 g/mol. The molecule has 0 radical (unpaired) electrons. The van der Waals surface area contributed by atoms with Gasteiger partial charge in [-0.1, -0.05) is 35.5 Å². The van der Waals surface area contributed by atoms with Crippen LogP contribution < -0.4 is 5.32 Å². The number of carbonyl (C=O) groups is 1. The van der Waals surface area contributed by atoms with Crippen molar-refractivity contribution in [2.45, 2.75) is 36.2 Å². The minimum atomic E-state index is -2.98. The zero-order valence-electron chi connectivity index (χ0n) is 15.1. The van der Waals surface area contributed by atoms with Gasteiger partial charge in [0.15, 0.2) is 15.0 Å². The van der Waals surface area contributed by atoms with E-state index in [-0.39, 0.29) is 28.6 Å².